The molecule has 3 rings (SSSR count). The van der Waals surface area contributed by atoms with Crippen LogP contribution in [0.1, 0.15) is 17.3 Å². The number of benzene rings is 1. The Morgan fingerprint density at radius 2 is 1.88 bits per heavy atom. The lowest BCUT2D eigenvalue weighted by Gasteiger charge is -2.27. The van der Waals surface area contributed by atoms with Crippen LogP contribution in [0.4, 0.5) is 11.5 Å². The highest BCUT2D eigenvalue weighted by Gasteiger charge is 2.20. The topological polar surface area (TPSA) is 80.8 Å². The van der Waals surface area contributed by atoms with Gasteiger partial charge in [0.25, 0.3) is 5.91 Å². The SMILES string of the molecule is C[C@H](OC(=O)c1ccc(N2CCOCC2)nc1)C(=O)Nc1ccccc1. The number of esters is 1. The Bertz CT molecular complexity index is 743. The molecule has 2 aromatic rings. The van der Waals surface area contributed by atoms with Crippen LogP contribution in [0.5, 0.6) is 0 Å². The van der Waals surface area contributed by atoms with Crippen LogP contribution in [0.2, 0.25) is 0 Å². The van der Waals surface area contributed by atoms with Gasteiger partial charge in [-0.15, -0.1) is 0 Å². The molecule has 0 unspecified atom stereocenters. The van der Waals surface area contributed by atoms with Crippen molar-refractivity contribution in [3.05, 3.63) is 54.2 Å². The number of carbonyl (C=O) groups is 2. The minimum absolute atomic E-state index is 0.307. The van der Waals surface area contributed by atoms with Gasteiger partial charge in [-0.1, -0.05) is 18.2 Å². The molecule has 1 fully saturated rings. The number of carbonyl (C=O) groups excluding carboxylic acids is 2. The zero-order chi connectivity index (χ0) is 18.4. The molecule has 0 aliphatic carbocycles. The van der Waals surface area contributed by atoms with Crippen LogP contribution in [0.15, 0.2) is 48.7 Å². The highest BCUT2D eigenvalue weighted by atomic mass is 16.5. The van der Waals surface area contributed by atoms with Crippen molar-refractivity contribution in [2.45, 2.75) is 13.0 Å². The number of hydrogen-bond acceptors (Lipinski definition) is 6. The van der Waals surface area contributed by atoms with E-state index in [1.54, 1.807) is 24.3 Å². The van der Waals surface area contributed by atoms with Gasteiger partial charge in [-0.2, -0.15) is 0 Å². The van der Waals surface area contributed by atoms with Gasteiger partial charge in [0, 0.05) is 25.0 Å². The van der Waals surface area contributed by atoms with E-state index in [0.29, 0.717) is 24.5 Å². The van der Waals surface area contributed by atoms with E-state index in [1.807, 2.05) is 18.2 Å². The number of morpholine rings is 1. The Labute approximate surface area is 151 Å². The van der Waals surface area contributed by atoms with Crippen molar-refractivity contribution in [1.29, 1.82) is 0 Å². The quantitative estimate of drug-likeness (QED) is 0.828. The number of anilines is 2. The predicted molar refractivity (Wildman–Crippen MR) is 97.2 cm³/mol. The lowest BCUT2D eigenvalue weighted by Crippen LogP contribution is -2.36. The maximum Gasteiger partial charge on any atom is 0.340 e. The second kappa shape index (κ2) is 8.44. The van der Waals surface area contributed by atoms with E-state index in [0.717, 1.165) is 18.9 Å². The summed E-state index contributed by atoms with van der Waals surface area (Å²) in [4.78, 5) is 30.7. The molecule has 1 amide bonds. The summed E-state index contributed by atoms with van der Waals surface area (Å²) in [6.07, 6.45) is 0.552. The fourth-order valence-corrected chi connectivity index (χ4v) is 2.53. The van der Waals surface area contributed by atoms with Gasteiger partial charge in [0.15, 0.2) is 6.10 Å². The zero-order valence-electron chi connectivity index (χ0n) is 14.6. The van der Waals surface area contributed by atoms with E-state index < -0.39 is 12.1 Å². The van der Waals surface area contributed by atoms with Gasteiger partial charge in [-0.25, -0.2) is 9.78 Å². The van der Waals surface area contributed by atoms with Crippen LogP contribution < -0.4 is 10.2 Å². The lowest BCUT2D eigenvalue weighted by atomic mass is 10.2. The van der Waals surface area contributed by atoms with Crippen LogP contribution >= 0.6 is 0 Å². The molecule has 0 spiro atoms. The van der Waals surface area contributed by atoms with Crippen molar-refractivity contribution in [2.75, 3.05) is 36.5 Å². The van der Waals surface area contributed by atoms with Crippen molar-refractivity contribution in [2.24, 2.45) is 0 Å². The van der Waals surface area contributed by atoms with Crippen molar-refractivity contribution in [3.63, 3.8) is 0 Å². The Hall–Kier alpha value is -2.93. The number of ether oxygens (including phenoxy) is 2. The fourth-order valence-electron chi connectivity index (χ4n) is 2.53. The van der Waals surface area contributed by atoms with Crippen LogP contribution in [0.25, 0.3) is 0 Å². The summed E-state index contributed by atoms with van der Waals surface area (Å²) < 4.78 is 10.5. The molecule has 7 heteroatoms. The van der Waals surface area contributed by atoms with Crippen LogP contribution in [0.3, 0.4) is 0 Å². The third kappa shape index (κ3) is 4.58. The molecule has 1 aromatic heterocycles. The molecule has 0 radical (unpaired) electrons. The molecule has 1 aromatic carbocycles. The Morgan fingerprint density at radius 3 is 2.54 bits per heavy atom. The monoisotopic (exact) mass is 355 g/mol. The third-order valence-corrected chi connectivity index (χ3v) is 4.01. The summed E-state index contributed by atoms with van der Waals surface area (Å²) >= 11 is 0. The third-order valence-electron chi connectivity index (χ3n) is 4.01. The lowest BCUT2D eigenvalue weighted by molar-refractivity contribution is -0.123. The van der Waals surface area contributed by atoms with Gasteiger partial charge in [-0.05, 0) is 31.2 Å². The molecule has 1 N–H and O–H groups in total. The number of rotatable bonds is 5. The first-order chi connectivity index (χ1) is 12.6. The Kier molecular flexibility index (Phi) is 5.80. The van der Waals surface area contributed by atoms with Crippen molar-refractivity contribution < 1.29 is 19.1 Å². The van der Waals surface area contributed by atoms with E-state index in [1.165, 1.54) is 13.1 Å². The number of pyridine rings is 1. The van der Waals surface area contributed by atoms with Gasteiger partial charge in [0.2, 0.25) is 0 Å². The first-order valence-electron chi connectivity index (χ1n) is 8.49. The summed E-state index contributed by atoms with van der Waals surface area (Å²) in [6, 6.07) is 12.4. The van der Waals surface area contributed by atoms with E-state index in [4.69, 9.17) is 9.47 Å². The maximum atomic E-state index is 12.2. The van der Waals surface area contributed by atoms with Gasteiger partial charge in [-0.3, -0.25) is 4.79 Å². The van der Waals surface area contributed by atoms with Crippen LogP contribution in [-0.2, 0) is 14.3 Å². The molecule has 0 saturated carbocycles. The summed E-state index contributed by atoms with van der Waals surface area (Å²) in [7, 11) is 0. The first-order valence-corrected chi connectivity index (χ1v) is 8.49. The highest BCUT2D eigenvalue weighted by Crippen LogP contribution is 2.14. The number of para-hydroxylation sites is 1. The van der Waals surface area contributed by atoms with Crippen molar-refractivity contribution in [1.82, 2.24) is 4.98 Å². The first kappa shape index (κ1) is 17.9. The standard InChI is InChI=1S/C19H21N3O4/c1-14(18(23)21-16-5-3-2-4-6-16)26-19(24)15-7-8-17(20-13-15)22-9-11-25-12-10-22/h2-8,13-14H,9-12H2,1H3,(H,21,23)/t14-/m0/s1. The summed E-state index contributed by atoms with van der Waals surface area (Å²) in [5.74, 6) is -0.177. The summed E-state index contributed by atoms with van der Waals surface area (Å²) in [5.41, 5.74) is 0.957. The Morgan fingerprint density at radius 1 is 1.15 bits per heavy atom. The molecule has 136 valence electrons. The van der Waals surface area contributed by atoms with Crippen molar-refractivity contribution >= 4 is 23.4 Å². The zero-order valence-corrected chi connectivity index (χ0v) is 14.6. The second-order valence-electron chi connectivity index (χ2n) is 5.91. The van der Waals surface area contributed by atoms with E-state index in [-0.39, 0.29) is 5.91 Å². The van der Waals surface area contributed by atoms with Gasteiger partial charge < -0.3 is 19.7 Å². The van der Waals surface area contributed by atoms with E-state index >= 15 is 0 Å². The van der Waals surface area contributed by atoms with Gasteiger partial charge in [0.05, 0.1) is 18.8 Å². The minimum atomic E-state index is -0.915. The molecule has 0 bridgehead atoms. The normalized spacial score (nSPS) is 15.2. The number of aromatic nitrogens is 1. The second-order valence-corrected chi connectivity index (χ2v) is 5.91. The highest BCUT2D eigenvalue weighted by molar-refractivity contribution is 5.97. The summed E-state index contributed by atoms with van der Waals surface area (Å²) in [6.45, 7) is 4.41. The number of amides is 1. The van der Waals surface area contributed by atoms with E-state index in [9.17, 15) is 9.59 Å². The molecule has 1 saturated heterocycles. The molecule has 7 nitrogen and oxygen atoms in total. The summed E-state index contributed by atoms with van der Waals surface area (Å²) in [5, 5.41) is 2.70. The average molecular weight is 355 g/mol. The van der Waals surface area contributed by atoms with Crippen molar-refractivity contribution in [3.8, 4) is 0 Å². The van der Waals surface area contributed by atoms with E-state index in [2.05, 4.69) is 15.2 Å². The number of hydrogen-bond donors (Lipinski definition) is 1. The minimum Gasteiger partial charge on any atom is -0.449 e. The largest absolute Gasteiger partial charge is 0.449 e. The number of nitrogens with one attached hydrogen (secondary N) is 1. The molecule has 2 heterocycles. The molecule has 1 aliphatic rings. The average Bonchev–Trinajstić information content (AvgIpc) is 2.69. The molecular weight excluding hydrogens is 334 g/mol. The molecule has 1 atom stereocenters. The molecule has 26 heavy (non-hydrogen) atoms. The Balaban J connectivity index is 1.56. The molecule has 1 aliphatic heterocycles. The number of nitrogens with zero attached hydrogens (tertiary/aromatic N) is 2. The van der Waals surface area contributed by atoms with Crippen LogP contribution in [-0.4, -0.2) is 49.3 Å². The van der Waals surface area contributed by atoms with Gasteiger partial charge >= 0.3 is 5.97 Å². The molecular formula is C19H21N3O4. The fraction of sp³-hybridized carbons (Fsp3) is 0.316. The van der Waals surface area contributed by atoms with Crippen LogP contribution in [0, 0.1) is 0 Å². The van der Waals surface area contributed by atoms with Gasteiger partial charge in [0.1, 0.15) is 5.82 Å². The predicted octanol–water partition coefficient (Wildman–Crippen LogP) is 2.10. The maximum absolute atomic E-state index is 12.2. The smallest absolute Gasteiger partial charge is 0.340 e.